The normalized spacial score (nSPS) is 22.1. The lowest BCUT2D eigenvalue weighted by atomic mass is 9.86. The largest absolute Gasteiger partial charge is 0.336 e. The van der Waals surface area contributed by atoms with Crippen LogP contribution >= 0.6 is 0 Å². The molecule has 2 aromatic carbocycles. The molecular formula is C32H41FN4O. The van der Waals surface area contributed by atoms with Crippen LogP contribution in [-0.2, 0) is 11.3 Å². The Morgan fingerprint density at radius 3 is 2.18 bits per heavy atom. The number of hydrogen-bond donors (Lipinski definition) is 0. The Kier molecular flexibility index (Phi) is 7.77. The van der Waals surface area contributed by atoms with Crippen molar-refractivity contribution in [3.05, 3.63) is 60.2 Å². The summed E-state index contributed by atoms with van der Waals surface area (Å²) in [6.07, 6.45) is 14.4. The van der Waals surface area contributed by atoms with Gasteiger partial charge in [-0.25, -0.2) is 9.37 Å². The lowest BCUT2D eigenvalue weighted by Crippen LogP contribution is -2.53. The van der Waals surface area contributed by atoms with Gasteiger partial charge in [-0.1, -0.05) is 50.7 Å². The highest BCUT2D eigenvalue weighted by molar-refractivity contribution is 5.80. The summed E-state index contributed by atoms with van der Waals surface area (Å²) < 4.78 is 15.8. The van der Waals surface area contributed by atoms with E-state index in [4.69, 9.17) is 4.98 Å². The molecule has 0 radical (unpaired) electrons. The number of carbonyl (C=O) groups is 1. The average Bonchev–Trinajstić information content (AvgIpc) is 3.32. The number of nitrogens with zero attached hydrogens (tertiary/aromatic N) is 4. The molecule has 1 atom stereocenters. The van der Waals surface area contributed by atoms with E-state index in [0.29, 0.717) is 24.5 Å². The van der Waals surface area contributed by atoms with E-state index in [1.807, 2.05) is 30.3 Å². The molecule has 202 valence electrons. The Hall–Kier alpha value is -2.73. The van der Waals surface area contributed by atoms with Crippen molar-refractivity contribution in [3.8, 4) is 5.69 Å². The average molecular weight is 517 g/mol. The monoisotopic (exact) mass is 516 g/mol. The number of rotatable bonds is 6. The van der Waals surface area contributed by atoms with E-state index < -0.39 is 0 Å². The van der Waals surface area contributed by atoms with E-state index in [-0.39, 0.29) is 11.7 Å². The molecule has 1 saturated heterocycles. The molecule has 3 aliphatic rings. The molecule has 0 spiro atoms. The van der Waals surface area contributed by atoms with Gasteiger partial charge in [0.1, 0.15) is 11.6 Å². The van der Waals surface area contributed by atoms with Crippen LogP contribution in [0.25, 0.3) is 16.7 Å². The summed E-state index contributed by atoms with van der Waals surface area (Å²) in [4.78, 5) is 24.0. The highest BCUT2D eigenvalue weighted by Crippen LogP contribution is 2.33. The maximum absolute atomic E-state index is 14.2. The van der Waals surface area contributed by atoms with Gasteiger partial charge in [0.25, 0.3) is 0 Å². The van der Waals surface area contributed by atoms with Gasteiger partial charge in [-0.05, 0) is 81.5 Å². The van der Waals surface area contributed by atoms with E-state index in [1.165, 1.54) is 76.3 Å². The second-order valence-electron chi connectivity index (χ2n) is 11.7. The zero-order valence-corrected chi connectivity index (χ0v) is 22.5. The molecule has 3 fully saturated rings. The van der Waals surface area contributed by atoms with Crippen LogP contribution in [0.2, 0.25) is 0 Å². The van der Waals surface area contributed by atoms with Crippen molar-refractivity contribution in [1.82, 2.24) is 19.4 Å². The fourth-order valence-corrected chi connectivity index (χ4v) is 7.25. The summed E-state index contributed by atoms with van der Waals surface area (Å²) in [5.74, 6) is 1.19. The molecule has 1 aromatic heterocycles. The third-order valence-corrected chi connectivity index (χ3v) is 9.13. The van der Waals surface area contributed by atoms with Crippen molar-refractivity contribution in [2.75, 3.05) is 13.1 Å². The first-order valence-corrected chi connectivity index (χ1v) is 14.9. The first kappa shape index (κ1) is 25.5. The van der Waals surface area contributed by atoms with Crippen LogP contribution in [0.1, 0.15) is 82.9 Å². The summed E-state index contributed by atoms with van der Waals surface area (Å²) in [6.45, 7) is 2.45. The predicted octanol–water partition coefficient (Wildman–Crippen LogP) is 6.87. The Labute approximate surface area is 226 Å². The quantitative estimate of drug-likeness (QED) is 0.359. The standard InChI is InChI=1S/C32H41FN4O/c33-25-17-19-28(20-18-25)37-30-16-8-7-15-29(30)34-31(37)23-35-21-9-10-24(22-35)32(38)36(26-11-3-1-4-12-26)27-13-5-2-6-14-27/h7-8,15-20,24,26-27H,1-6,9-14,21-23H2/t24-/m1/s1. The summed E-state index contributed by atoms with van der Waals surface area (Å²) in [5, 5.41) is 0. The highest BCUT2D eigenvalue weighted by atomic mass is 19.1. The summed E-state index contributed by atoms with van der Waals surface area (Å²) in [7, 11) is 0. The number of amides is 1. The first-order valence-electron chi connectivity index (χ1n) is 14.9. The van der Waals surface area contributed by atoms with E-state index in [9.17, 15) is 9.18 Å². The Bertz CT molecular complexity index is 1210. The number of halogens is 1. The van der Waals surface area contributed by atoms with E-state index in [1.54, 1.807) is 0 Å². The van der Waals surface area contributed by atoms with Gasteiger partial charge in [-0.15, -0.1) is 0 Å². The number of fused-ring (bicyclic) bond motifs is 1. The van der Waals surface area contributed by atoms with E-state index in [0.717, 1.165) is 48.5 Å². The Morgan fingerprint density at radius 2 is 1.50 bits per heavy atom. The SMILES string of the molecule is O=C([C@@H]1CCCN(Cc2nc3ccccc3n2-c2ccc(F)cc2)C1)N(C1CCCCC1)C1CCCCC1. The minimum Gasteiger partial charge on any atom is -0.336 e. The summed E-state index contributed by atoms with van der Waals surface area (Å²) >= 11 is 0. The van der Waals surface area contributed by atoms with Crippen LogP contribution in [0.15, 0.2) is 48.5 Å². The molecule has 5 nitrogen and oxygen atoms in total. The Morgan fingerprint density at radius 1 is 0.842 bits per heavy atom. The number of piperidine rings is 1. The highest BCUT2D eigenvalue weighted by Gasteiger charge is 2.37. The van der Waals surface area contributed by atoms with Crippen LogP contribution in [0.4, 0.5) is 4.39 Å². The van der Waals surface area contributed by atoms with Gasteiger partial charge >= 0.3 is 0 Å². The molecule has 3 aromatic rings. The number of para-hydroxylation sites is 2. The smallest absolute Gasteiger partial charge is 0.227 e. The molecule has 38 heavy (non-hydrogen) atoms. The molecule has 0 unspecified atom stereocenters. The van der Waals surface area contributed by atoms with Crippen LogP contribution in [0, 0.1) is 11.7 Å². The van der Waals surface area contributed by atoms with Gasteiger partial charge in [0, 0.05) is 24.3 Å². The van der Waals surface area contributed by atoms with Crippen LogP contribution < -0.4 is 0 Å². The molecule has 6 rings (SSSR count). The fourth-order valence-electron chi connectivity index (χ4n) is 7.25. The molecule has 6 heteroatoms. The first-order chi connectivity index (χ1) is 18.7. The molecule has 1 aliphatic heterocycles. The maximum atomic E-state index is 14.2. The van der Waals surface area contributed by atoms with E-state index in [2.05, 4.69) is 20.4 Å². The van der Waals surface area contributed by atoms with Crippen molar-refractivity contribution in [3.63, 3.8) is 0 Å². The third kappa shape index (κ3) is 5.38. The van der Waals surface area contributed by atoms with Crippen molar-refractivity contribution in [2.24, 2.45) is 5.92 Å². The minimum atomic E-state index is -0.238. The zero-order chi connectivity index (χ0) is 25.9. The predicted molar refractivity (Wildman–Crippen MR) is 150 cm³/mol. The number of hydrogen-bond acceptors (Lipinski definition) is 3. The molecule has 2 saturated carbocycles. The van der Waals surface area contributed by atoms with Gasteiger partial charge < -0.3 is 4.90 Å². The van der Waals surface area contributed by atoms with Crippen LogP contribution in [0.3, 0.4) is 0 Å². The Balaban J connectivity index is 1.23. The topological polar surface area (TPSA) is 41.4 Å². The summed E-state index contributed by atoms with van der Waals surface area (Å²) in [5.41, 5.74) is 2.89. The zero-order valence-electron chi connectivity index (χ0n) is 22.5. The molecule has 2 heterocycles. The van der Waals surface area contributed by atoms with Crippen LogP contribution in [-0.4, -0.2) is 50.4 Å². The number of imidazole rings is 1. The van der Waals surface area contributed by atoms with Crippen molar-refractivity contribution >= 4 is 16.9 Å². The van der Waals surface area contributed by atoms with Gasteiger partial charge in [-0.2, -0.15) is 0 Å². The van der Waals surface area contributed by atoms with Crippen LogP contribution in [0.5, 0.6) is 0 Å². The number of carbonyl (C=O) groups excluding carboxylic acids is 1. The summed E-state index contributed by atoms with van der Waals surface area (Å²) in [6, 6.07) is 15.7. The van der Waals surface area contributed by atoms with Crippen molar-refractivity contribution < 1.29 is 9.18 Å². The molecule has 1 amide bonds. The van der Waals surface area contributed by atoms with Crippen molar-refractivity contribution in [1.29, 1.82) is 0 Å². The minimum absolute atomic E-state index is 0.0660. The van der Waals surface area contributed by atoms with E-state index >= 15 is 0 Å². The van der Waals surface area contributed by atoms with Gasteiger partial charge in [-0.3, -0.25) is 14.3 Å². The van der Waals surface area contributed by atoms with Gasteiger partial charge in [0.15, 0.2) is 0 Å². The fraction of sp³-hybridized carbons (Fsp3) is 0.562. The van der Waals surface area contributed by atoms with Gasteiger partial charge in [0.05, 0.1) is 23.5 Å². The molecule has 2 aliphatic carbocycles. The molecular weight excluding hydrogens is 475 g/mol. The molecule has 0 bridgehead atoms. The third-order valence-electron chi connectivity index (χ3n) is 9.13. The molecule has 0 N–H and O–H groups in total. The lowest BCUT2D eigenvalue weighted by molar-refractivity contribution is -0.144. The van der Waals surface area contributed by atoms with Gasteiger partial charge in [0.2, 0.25) is 5.91 Å². The number of benzene rings is 2. The maximum Gasteiger partial charge on any atom is 0.227 e. The lowest BCUT2D eigenvalue weighted by Gasteiger charge is -2.44. The number of likely N-dealkylation sites (tertiary alicyclic amines) is 1. The second-order valence-corrected chi connectivity index (χ2v) is 11.7. The van der Waals surface area contributed by atoms with Crippen molar-refractivity contribution in [2.45, 2.75) is 95.7 Å². The number of aromatic nitrogens is 2. The second kappa shape index (κ2) is 11.6.